The predicted octanol–water partition coefficient (Wildman–Crippen LogP) is 5.39. The fourth-order valence-corrected chi connectivity index (χ4v) is 2.17. The highest BCUT2D eigenvalue weighted by atomic mass is 35.5. The van der Waals surface area contributed by atoms with Gasteiger partial charge in [-0.15, -0.1) is 11.6 Å². The lowest BCUT2D eigenvalue weighted by atomic mass is 10.0. The van der Waals surface area contributed by atoms with Crippen molar-refractivity contribution in [3.05, 3.63) is 69.5 Å². The zero-order valence-electron chi connectivity index (χ0n) is 9.85. The Labute approximate surface area is 118 Å². The maximum atomic E-state index is 13.6. The van der Waals surface area contributed by atoms with E-state index in [2.05, 4.69) is 0 Å². The Kier molecular flexibility index (Phi) is 4.07. The van der Waals surface area contributed by atoms with Gasteiger partial charge >= 0.3 is 0 Å². The van der Waals surface area contributed by atoms with Crippen LogP contribution >= 0.6 is 23.2 Å². The van der Waals surface area contributed by atoms with Gasteiger partial charge in [0.05, 0.1) is 5.38 Å². The lowest BCUT2D eigenvalue weighted by Crippen LogP contribution is -2.00. The first-order valence-corrected chi connectivity index (χ1v) is 6.26. The number of hydrogen-bond donors (Lipinski definition) is 0. The Bertz CT molecular complexity index is 626. The third-order valence-corrected chi connectivity index (χ3v) is 3.70. The van der Waals surface area contributed by atoms with Crippen LogP contribution in [0.1, 0.15) is 22.1 Å². The van der Waals surface area contributed by atoms with Crippen molar-refractivity contribution in [2.45, 2.75) is 12.3 Å². The average molecular weight is 305 g/mol. The molecule has 0 saturated heterocycles. The summed E-state index contributed by atoms with van der Waals surface area (Å²) in [6, 6.07) is 6.21. The molecular weight excluding hydrogens is 296 g/mol. The van der Waals surface area contributed by atoms with E-state index >= 15 is 0 Å². The topological polar surface area (TPSA) is 0 Å². The zero-order valence-corrected chi connectivity index (χ0v) is 11.4. The van der Waals surface area contributed by atoms with Crippen LogP contribution in [0.25, 0.3) is 0 Å². The van der Waals surface area contributed by atoms with Crippen LogP contribution in [0.5, 0.6) is 0 Å². The molecule has 0 saturated carbocycles. The van der Waals surface area contributed by atoms with Gasteiger partial charge in [0.1, 0.15) is 5.82 Å². The minimum atomic E-state index is -1.24. The van der Waals surface area contributed by atoms with Gasteiger partial charge in [0.15, 0.2) is 11.6 Å². The zero-order chi connectivity index (χ0) is 14.2. The lowest BCUT2D eigenvalue weighted by Gasteiger charge is -2.13. The molecule has 0 fully saturated rings. The van der Waals surface area contributed by atoms with Gasteiger partial charge in [-0.2, -0.15) is 0 Å². The second-order valence-corrected chi connectivity index (χ2v) is 5.00. The summed E-state index contributed by atoms with van der Waals surface area (Å²) in [5, 5.41) is -0.459. The van der Waals surface area contributed by atoms with Crippen molar-refractivity contribution in [2.24, 2.45) is 0 Å². The molecule has 0 spiro atoms. The molecule has 1 atom stereocenters. The van der Waals surface area contributed by atoms with Gasteiger partial charge in [0.25, 0.3) is 0 Å². The molecule has 0 radical (unpaired) electrons. The molecule has 0 amide bonds. The normalized spacial score (nSPS) is 12.5. The molecule has 0 aliphatic carbocycles. The second kappa shape index (κ2) is 5.43. The molecule has 2 aromatic rings. The fraction of sp³-hybridized carbons (Fsp3) is 0.143. The van der Waals surface area contributed by atoms with Gasteiger partial charge in [0, 0.05) is 16.7 Å². The highest BCUT2D eigenvalue weighted by molar-refractivity contribution is 6.31. The largest absolute Gasteiger partial charge is 0.207 e. The van der Waals surface area contributed by atoms with Crippen molar-refractivity contribution in [3.63, 3.8) is 0 Å². The summed E-state index contributed by atoms with van der Waals surface area (Å²) in [4.78, 5) is 0. The standard InChI is InChI=1S/C14H9Cl2F3/c1-7-2-3-8(4-10(7)15)14(16)9-5-12(18)13(19)6-11(9)17/h2-6,14H,1H3. The van der Waals surface area contributed by atoms with Crippen LogP contribution in [0.3, 0.4) is 0 Å². The Morgan fingerprint density at radius 3 is 2.21 bits per heavy atom. The third-order valence-electron chi connectivity index (χ3n) is 2.80. The van der Waals surface area contributed by atoms with Crippen LogP contribution in [0.4, 0.5) is 13.2 Å². The first-order chi connectivity index (χ1) is 8.90. The predicted molar refractivity (Wildman–Crippen MR) is 70.2 cm³/mol. The van der Waals surface area contributed by atoms with Crippen LogP contribution in [0.2, 0.25) is 5.02 Å². The number of alkyl halides is 1. The molecule has 0 aliphatic rings. The van der Waals surface area contributed by atoms with Gasteiger partial charge < -0.3 is 0 Å². The lowest BCUT2D eigenvalue weighted by molar-refractivity contribution is 0.490. The van der Waals surface area contributed by atoms with Crippen molar-refractivity contribution in [3.8, 4) is 0 Å². The van der Waals surface area contributed by atoms with Crippen molar-refractivity contribution in [1.82, 2.24) is 0 Å². The van der Waals surface area contributed by atoms with E-state index in [4.69, 9.17) is 23.2 Å². The summed E-state index contributed by atoms with van der Waals surface area (Å²) in [6.07, 6.45) is 0. The molecule has 0 aliphatic heterocycles. The number of aryl methyl sites for hydroxylation is 1. The van der Waals surface area contributed by atoms with Crippen molar-refractivity contribution < 1.29 is 13.2 Å². The highest BCUT2D eigenvalue weighted by Crippen LogP contribution is 2.33. The van der Waals surface area contributed by atoms with E-state index < -0.39 is 22.8 Å². The molecule has 0 bridgehead atoms. The van der Waals surface area contributed by atoms with Crippen LogP contribution in [-0.4, -0.2) is 0 Å². The summed E-state index contributed by atoms with van der Waals surface area (Å²) in [7, 11) is 0. The van der Waals surface area contributed by atoms with Crippen LogP contribution in [0.15, 0.2) is 30.3 Å². The van der Waals surface area contributed by atoms with Gasteiger partial charge in [-0.05, 0) is 30.2 Å². The monoisotopic (exact) mass is 304 g/mol. The minimum Gasteiger partial charge on any atom is -0.207 e. The molecule has 0 nitrogen and oxygen atoms in total. The number of halogens is 5. The van der Waals surface area contributed by atoms with Crippen LogP contribution in [-0.2, 0) is 0 Å². The average Bonchev–Trinajstić information content (AvgIpc) is 2.36. The van der Waals surface area contributed by atoms with E-state index in [1.54, 1.807) is 18.2 Å². The summed E-state index contributed by atoms with van der Waals surface area (Å²) in [5.41, 5.74) is 1.24. The number of hydrogen-bond acceptors (Lipinski definition) is 0. The number of rotatable bonds is 2. The Balaban J connectivity index is 2.46. The van der Waals surface area contributed by atoms with E-state index in [1.807, 2.05) is 6.92 Å². The molecule has 100 valence electrons. The molecule has 5 heteroatoms. The van der Waals surface area contributed by atoms with Gasteiger partial charge in [-0.3, -0.25) is 0 Å². The summed E-state index contributed by atoms with van der Waals surface area (Å²) in [6.45, 7) is 1.81. The molecule has 19 heavy (non-hydrogen) atoms. The van der Waals surface area contributed by atoms with Crippen LogP contribution < -0.4 is 0 Å². The molecule has 0 heterocycles. The summed E-state index contributed by atoms with van der Waals surface area (Å²) >= 11 is 12.1. The maximum absolute atomic E-state index is 13.6. The minimum absolute atomic E-state index is 0.125. The Morgan fingerprint density at radius 2 is 1.58 bits per heavy atom. The molecule has 0 aromatic heterocycles. The van der Waals surface area contributed by atoms with Gasteiger partial charge in [-0.25, -0.2) is 13.2 Å². The first kappa shape index (κ1) is 14.2. The molecule has 0 N–H and O–H groups in total. The molecule has 2 rings (SSSR count). The third kappa shape index (κ3) is 2.88. The first-order valence-electron chi connectivity index (χ1n) is 5.44. The molecule has 2 aromatic carbocycles. The quantitative estimate of drug-likeness (QED) is 0.515. The second-order valence-electron chi connectivity index (χ2n) is 4.16. The maximum Gasteiger partial charge on any atom is 0.161 e. The van der Waals surface area contributed by atoms with Gasteiger partial charge in [-0.1, -0.05) is 23.7 Å². The van der Waals surface area contributed by atoms with E-state index in [0.29, 0.717) is 16.7 Å². The van der Waals surface area contributed by atoms with Crippen LogP contribution in [0, 0.1) is 24.4 Å². The van der Waals surface area contributed by atoms with E-state index in [9.17, 15) is 13.2 Å². The van der Waals surface area contributed by atoms with Crippen molar-refractivity contribution >= 4 is 23.2 Å². The Morgan fingerprint density at radius 1 is 0.947 bits per heavy atom. The summed E-state index contributed by atoms with van der Waals surface area (Å²) in [5.74, 6) is -3.28. The summed E-state index contributed by atoms with van der Waals surface area (Å²) < 4.78 is 39.6. The van der Waals surface area contributed by atoms with E-state index in [0.717, 1.165) is 11.6 Å². The fourth-order valence-electron chi connectivity index (χ4n) is 1.68. The Hall–Kier alpha value is -1.19. The highest BCUT2D eigenvalue weighted by Gasteiger charge is 2.19. The smallest absolute Gasteiger partial charge is 0.161 e. The molecule has 1 unspecified atom stereocenters. The van der Waals surface area contributed by atoms with E-state index in [1.165, 1.54) is 0 Å². The molecular formula is C14H9Cl2F3. The van der Waals surface area contributed by atoms with Crippen molar-refractivity contribution in [1.29, 1.82) is 0 Å². The number of benzene rings is 2. The SMILES string of the molecule is Cc1ccc(C(Cl)c2cc(F)c(F)cc2F)cc1Cl. The van der Waals surface area contributed by atoms with Crippen molar-refractivity contribution in [2.75, 3.05) is 0 Å². The van der Waals surface area contributed by atoms with Gasteiger partial charge in [0.2, 0.25) is 0 Å². The van der Waals surface area contributed by atoms with E-state index in [-0.39, 0.29) is 5.56 Å².